The van der Waals surface area contributed by atoms with Crippen molar-refractivity contribution >= 4 is 17.4 Å². The number of nitro groups is 1. The highest BCUT2D eigenvalue weighted by atomic mass is 16.6. The zero-order valence-corrected chi connectivity index (χ0v) is 18.6. The minimum Gasteiger partial charge on any atom is -0.497 e. The van der Waals surface area contributed by atoms with E-state index < -0.39 is 16.8 Å². The van der Waals surface area contributed by atoms with Crippen LogP contribution in [-0.2, 0) is 14.3 Å². The van der Waals surface area contributed by atoms with Gasteiger partial charge in [0, 0.05) is 41.4 Å². The van der Waals surface area contributed by atoms with Gasteiger partial charge in [-0.2, -0.15) is 0 Å². The van der Waals surface area contributed by atoms with Gasteiger partial charge in [0.1, 0.15) is 5.75 Å². The third kappa shape index (κ3) is 4.11. The van der Waals surface area contributed by atoms with Crippen LogP contribution in [0.25, 0.3) is 0 Å². The summed E-state index contributed by atoms with van der Waals surface area (Å²) in [6, 6.07) is 13.6. The molecule has 170 valence electrons. The maximum atomic E-state index is 13.5. The first kappa shape index (κ1) is 22.3. The second-order valence-electron chi connectivity index (χ2n) is 8.13. The lowest BCUT2D eigenvalue weighted by atomic mass is 9.71. The highest BCUT2D eigenvalue weighted by Gasteiger charge is 2.41. The van der Waals surface area contributed by atoms with E-state index in [9.17, 15) is 19.7 Å². The maximum absolute atomic E-state index is 13.5. The molecular weight excluding hydrogens is 424 g/mol. The van der Waals surface area contributed by atoms with Gasteiger partial charge in [-0.1, -0.05) is 24.3 Å². The number of ether oxygens (including phenoxy) is 2. The predicted octanol–water partition coefficient (Wildman–Crippen LogP) is 4.14. The molecule has 0 fully saturated rings. The van der Waals surface area contributed by atoms with Crippen LogP contribution in [0.5, 0.6) is 5.75 Å². The first-order valence-corrected chi connectivity index (χ1v) is 10.5. The van der Waals surface area contributed by atoms with Gasteiger partial charge in [0.05, 0.1) is 24.7 Å². The number of esters is 1. The number of carbonyl (C=O) groups excluding carboxylic acids is 2. The number of dihydropyridines is 1. The van der Waals surface area contributed by atoms with Gasteiger partial charge in [0.15, 0.2) is 5.78 Å². The Morgan fingerprint density at radius 2 is 1.67 bits per heavy atom. The Bertz CT molecular complexity index is 1180. The molecule has 8 heteroatoms. The first-order valence-electron chi connectivity index (χ1n) is 10.5. The molecule has 1 aliphatic heterocycles. The normalized spacial score (nSPS) is 20.2. The van der Waals surface area contributed by atoms with Gasteiger partial charge in [0.2, 0.25) is 0 Å². The lowest BCUT2D eigenvalue weighted by Gasteiger charge is -2.36. The monoisotopic (exact) mass is 448 g/mol. The largest absolute Gasteiger partial charge is 0.497 e. The summed E-state index contributed by atoms with van der Waals surface area (Å²) in [6.07, 6.45) is 0.895. The molecule has 0 amide bonds. The van der Waals surface area contributed by atoms with Gasteiger partial charge >= 0.3 is 5.97 Å². The Labute approximate surface area is 191 Å². The molecule has 2 aromatic carbocycles. The van der Waals surface area contributed by atoms with E-state index in [0.29, 0.717) is 35.2 Å². The van der Waals surface area contributed by atoms with Gasteiger partial charge in [-0.05, 0) is 42.5 Å². The Hall–Kier alpha value is -3.94. The van der Waals surface area contributed by atoms with Crippen molar-refractivity contribution in [2.75, 3.05) is 14.2 Å². The van der Waals surface area contributed by atoms with E-state index in [1.165, 1.54) is 19.2 Å². The first-order chi connectivity index (χ1) is 15.8. The maximum Gasteiger partial charge on any atom is 0.336 e. The molecule has 2 atom stereocenters. The van der Waals surface area contributed by atoms with E-state index in [1.807, 2.05) is 24.3 Å². The smallest absolute Gasteiger partial charge is 0.336 e. The fraction of sp³-hybridized carbons (Fsp3) is 0.280. The Morgan fingerprint density at radius 3 is 2.24 bits per heavy atom. The fourth-order valence-electron chi connectivity index (χ4n) is 4.65. The third-order valence-electron chi connectivity index (χ3n) is 6.26. The molecule has 0 aromatic heterocycles. The number of nitrogens with one attached hydrogen (secondary N) is 1. The number of nitrogens with zero attached hydrogens (tertiary/aromatic N) is 1. The standard InChI is InChI=1S/C25H24N2O6/c1-14-22(25(29)33-3)23(16-4-8-18(9-5-16)27(30)31)24-20(26-14)12-17(13-21(24)28)15-6-10-19(32-2)11-7-15/h4-11,17,23,26H,12-13H2,1-3H3/t17-,23+/m0/s1. The molecule has 0 bridgehead atoms. The lowest BCUT2D eigenvalue weighted by Crippen LogP contribution is -2.36. The molecule has 0 saturated carbocycles. The van der Waals surface area contributed by atoms with E-state index in [1.54, 1.807) is 26.2 Å². The van der Waals surface area contributed by atoms with Crippen LogP contribution in [0.2, 0.25) is 0 Å². The minimum atomic E-state index is -0.654. The van der Waals surface area contributed by atoms with Crippen LogP contribution in [0.4, 0.5) is 5.69 Å². The van der Waals surface area contributed by atoms with Crippen LogP contribution >= 0.6 is 0 Å². The molecule has 4 rings (SSSR count). The molecule has 2 aliphatic rings. The highest BCUT2D eigenvalue weighted by molar-refractivity contribution is 6.04. The second kappa shape index (κ2) is 8.90. The zero-order chi connectivity index (χ0) is 23.7. The summed E-state index contributed by atoms with van der Waals surface area (Å²) in [5.41, 5.74) is 3.82. The number of carbonyl (C=O) groups is 2. The van der Waals surface area contributed by atoms with Crippen molar-refractivity contribution in [2.45, 2.75) is 31.6 Å². The quantitative estimate of drug-likeness (QED) is 0.416. The van der Waals surface area contributed by atoms with Crippen LogP contribution in [0.3, 0.4) is 0 Å². The van der Waals surface area contributed by atoms with E-state index in [2.05, 4.69) is 5.32 Å². The Kier molecular flexibility index (Phi) is 6.00. The lowest BCUT2D eigenvalue weighted by molar-refractivity contribution is -0.384. The number of hydrogen-bond acceptors (Lipinski definition) is 7. The van der Waals surface area contributed by atoms with Gasteiger partial charge < -0.3 is 14.8 Å². The molecule has 0 spiro atoms. The van der Waals surface area contributed by atoms with Gasteiger partial charge in [0.25, 0.3) is 5.69 Å². The van der Waals surface area contributed by atoms with Crippen molar-refractivity contribution in [3.05, 3.63) is 92.3 Å². The Morgan fingerprint density at radius 1 is 1.03 bits per heavy atom. The number of benzene rings is 2. The average molecular weight is 448 g/mol. The molecule has 8 nitrogen and oxygen atoms in total. The average Bonchev–Trinajstić information content (AvgIpc) is 2.82. The van der Waals surface area contributed by atoms with Crippen LogP contribution in [-0.4, -0.2) is 30.9 Å². The number of nitro benzene ring substituents is 1. The number of rotatable bonds is 5. The number of non-ortho nitro benzene ring substituents is 1. The summed E-state index contributed by atoms with van der Waals surface area (Å²) < 4.78 is 10.2. The minimum absolute atomic E-state index is 0.0142. The third-order valence-corrected chi connectivity index (χ3v) is 6.26. The molecule has 1 N–H and O–H groups in total. The predicted molar refractivity (Wildman–Crippen MR) is 121 cm³/mol. The van der Waals surface area contributed by atoms with Gasteiger partial charge in [-0.15, -0.1) is 0 Å². The molecule has 0 saturated heterocycles. The summed E-state index contributed by atoms with van der Waals surface area (Å²) >= 11 is 0. The molecule has 0 radical (unpaired) electrons. The van der Waals surface area contributed by atoms with E-state index >= 15 is 0 Å². The molecule has 0 unspecified atom stereocenters. The zero-order valence-electron chi connectivity index (χ0n) is 18.6. The number of Topliss-reactive ketones (excluding diaryl/α,β-unsaturated/α-hetero) is 1. The van der Waals surface area contributed by atoms with Gasteiger partial charge in [-0.25, -0.2) is 4.79 Å². The number of ketones is 1. The van der Waals surface area contributed by atoms with Crippen molar-refractivity contribution in [3.8, 4) is 5.75 Å². The van der Waals surface area contributed by atoms with Crippen molar-refractivity contribution in [2.24, 2.45) is 0 Å². The topological polar surface area (TPSA) is 108 Å². The van der Waals surface area contributed by atoms with Crippen molar-refractivity contribution in [3.63, 3.8) is 0 Å². The summed E-state index contributed by atoms with van der Waals surface area (Å²) in [7, 11) is 2.90. The molecule has 1 aliphatic carbocycles. The summed E-state index contributed by atoms with van der Waals surface area (Å²) in [4.78, 5) is 36.8. The van der Waals surface area contributed by atoms with Crippen LogP contribution in [0.1, 0.15) is 42.7 Å². The van der Waals surface area contributed by atoms with Crippen LogP contribution in [0, 0.1) is 10.1 Å². The molecule has 1 heterocycles. The summed E-state index contributed by atoms with van der Waals surface area (Å²) in [6.45, 7) is 1.77. The molecule has 33 heavy (non-hydrogen) atoms. The number of methoxy groups -OCH3 is 2. The summed E-state index contributed by atoms with van der Waals surface area (Å²) in [5.74, 6) is -0.531. The fourth-order valence-corrected chi connectivity index (χ4v) is 4.65. The Balaban J connectivity index is 1.77. The number of hydrogen-bond donors (Lipinski definition) is 1. The summed E-state index contributed by atoms with van der Waals surface area (Å²) in [5, 5.41) is 14.4. The van der Waals surface area contributed by atoms with Crippen LogP contribution in [0.15, 0.2) is 71.1 Å². The van der Waals surface area contributed by atoms with Crippen molar-refractivity contribution < 1.29 is 24.0 Å². The molecular formula is C25H24N2O6. The van der Waals surface area contributed by atoms with Crippen molar-refractivity contribution in [1.82, 2.24) is 5.32 Å². The van der Waals surface area contributed by atoms with E-state index in [-0.39, 0.29) is 17.4 Å². The van der Waals surface area contributed by atoms with Crippen LogP contribution < -0.4 is 10.1 Å². The van der Waals surface area contributed by atoms with E-state index in [4.69, 9.17) is 9.47 Å². The highest BCUT2D eigenvalue weighted by Crippen LogP contribution is 2.46. The molecule has 2 aromatic rings. The van der Waals surface area contributed by atoms with Gasteiger partial charge in [-0.3, -0.25) is 14.9 Å². The second-order valence-corrected chi connectivity index (χ2v) is 8.13. The number of allylic oxidation sites excluding steroid dienone is 3. The van der Waals surface area contributed by atoms with E-state index in [0.717, 1.165) is 17.0 Å². The van der Waals surface area contributed by atoms with Crippen molar-refractivity contribution in [1.29, 1.82) is 0 Å². The SMILES string of the molecule is COC(=O)C1=C(C)NC2=C(C(=O)C[C@@H](c3ccc(OC)cc3)C2)[C@@H]1c1ccc([N+](=O)[O-])cc1.